The van der Waals surface area contributed by atoms with Crippen LogP contribution in [-0.4, -0.2) is 36.6 Å². The molecular formula is C14H19F3N2O2. The van der Waals surface area contributed by atoms with Crippen LogP contribution in [0.5, 0.6) is 0 Å². The molecule has 1 unspecified atom stereocenters. The summed E-state index contributed by atoms with van der Waals surface area (Å²) in [6.45, 7) is 1.48. The minimum Gasteiger partial charge on any atom is -0.467 e. The van der Waals surface area contributed by atoms with Gasteiger partial charge in [0.1, 0.15) is 12.3 Å². The van der Waals surface area contributed by atoms with Crippen molar-refractivity contribution < 1.29 is 22.4 Å². The van der Waals surface area contributed by atoms with Gasteiger partial charge in [0.25, 0.3) is 0 Å². The van der Waals surface area contributed by atoms with Crippen molar-refractivity contribution in [3.8, 4) is 0 Å². The monoisotopic (exact) mass is 304 g/mol. The first kappa shape index (κ1) is 15.9. The predicted molar refractivity (Wildman–Crippen MR) is 70.4 cm³/mol. The highest BCUT2D eigenvalue weighted by Crippen LogP contribution is 2.30. The topological polar surface area (TPSA) is 45.5 Å². The van der Waals surface area contributed by atoms with Crippen molar-refractivity contribution >= 4 is 5.91 Å². The second-order valence-corrected chi connectivity index (χ2v) is 5.70. The smallest absolute Gasteiger partial charge is 0.406 e. The number of nitrogens with zero attached hydrogens (tertiary/aromatic N) is 1. The molecule has 1 fully saturated rings. The van der Waals surface area contributed by atoms with Crippen molar-refractivity contribution in [3.63, 3.8) is 0 Å². The van der Waals surface area contributed by atoms with E-state index in [1.54, 1.807) is 19.1 Å². The van der Waals surface area contributed by atoms with E-state index >= 15 is 0 Å². The van der Waals surface area contributed by atoms with Crippen LogP contribution in [0.4, 0.5) is 13.2 Å². The van der Waals surface area contributed by atoms with Crippen LogP contribution < -0.4 is 5.32 Å². The van der Waals surface area contributed by atoms with Gasteiger partial charge in [-0.05, 0) is 38.4 Å². The lowest BCUT2D eigenvalue weighted by atomic mass is 9.81. The molecule has 118 valence electrons. The van der Waals surface area contributed by atoms with Crippen LogP contribution in [0, 0.1) is 5.41 Å². The average Bonchev–Trinajstić information content (AvgIpc) is 2.89. The molecule has 2 rings (SSSR count). The molecule has 21 heavy (non-hydrogen) atoms. The molecule has 1 aliphatic heterocycles. The third-order valence-electron chi connectivity index (χ3n) is 3.70. The quantitative estimate of drug-likeness (QED) is 0.930. The maximum Gasteiger partial charge on any atom is 0.406 e. The van der Waals surface area contributed by atoms with Gasteiger partial charge in [0, 0.05) is 6.54 Å². The van der Waals surface area contributed by atoms with Gasteiger partial charge in [-0.2, -0.15) is 13.2 Å². The summed E-state index contributed by atoms with van der Waals surface area (Å²) in [5.74, 6) is -0.136. The van der Waals surface area contributed by atoms with Crippen LogP contribution in [0.15, 0.2) is 22.8 Å². The fourth-order valence-electron chi connectivity index (χ4n) is 2.63. The molecule has 0 spiro atoms. The summed E-state index contributed by atoms with van der Waals surface area (Å²) in [7, 11) is 0. The summed E-state index contributed by atoms with van der Waals surface area (Å²) in [5, 5.41) is 3.08. The molecule has 7 heteroatoms. The molecule has 1 amide bonds. The molecule has 0 aromatic carbocycles. The van der Waals surface area contributed by atoms with Gasteiger partial charge >= 0.3 is 6.18 Å². The van der Waals surface area contributed by atoms with E-state index in [-0.39, 0.29) is 6.54 Å². The molecule has 0 radical (unpaired) electrons. The molecule has 1 N–H and O–H groups in total. The lowest BCUT2D eigenvalue weighted by Crippen LogP contribution is -2.51. The van der Waals surface area contributed by atoms with Gasteiger partial charge in [0.05, 0.1) is 18.2 Å². The molecule has 1 atom stereocenters. The van der Waals surface area contributed by atoms with Crippen LogP contribution >= 0.6 is 0 Å². The van der Waals surface area contributed by atoms with Crippen molar-refractivity contribution in [2.24, 2.45) is 5.41 Å². The molecule has 0 aliphatic carbocycles. The number of piperidine rings is 1. The van der Waals surface area contributed by atoms with Crippen molar-refractivity contribution in [3.05, 3.63) is 24.2 Å². The third kappa shape index (κ3) is 4.23. The average molecular weight is 304 g/mol. The Morgan fingerprint density at radius 2 is 2.29 bits per heavy atom. The summed E-state index contributed by atoms with van der Waals surface area (Å²) in [6, 6.07) is 3.16. The number of rotatable bonds is 4. The first-order valence-corrected chi connectivity index (χ1v) is 6.89. The number of amides is 1. The number of carbonyl (C=O) groups excluding carboxylic acids is 1. The highest BCUT2D eigenvalue weighted by molar-refractivity contribution is 5.82. The molecule has 0 saturated carbocycles. The summed E-state index contributed by atoms with van der Waals surface area (Å²) in [6.07, 6.45) is -1.68. The summed E-state index contributed by atoms with van der Waals surface area (Å²) >= 11 is 0. The molecule has 2 heterocycles. The number of furan rings is 1. The molecule has 0 bridgehead atoms. The highest BCUT2D eigenvalue weighted by Gasteiger charge is 2.42. The van der Waals surface area contributed by atoms with Gasteiger partial charge in [0.15, 0.2) is 0 Å². The Morgan fingerprint density at radius 1 is 1.52 bits per heavy atom. The number of carbonyl (C=O) groups is 1. The standard InChI is InChI=1S/C14H19F3N2O2/c1-13(5-3-6-18-9-13)12(20)19(10-14(15,16)17)8-11-4-2-7-21-11/h2,4,7,18H,3,5-6,8-10H2,1H3. The van der Waals surface area contributed by atoms with E-state index in [1.165, 1.54) is 6.26 Å². The Labute approximate surface area is 121 Å². The van der Waals surface area contributed by atoms with E-state index in [2.05, 4.69) is 5.32 Å². The van der Waals surface area contributed by atoms with Crippen molar-refractivity contribution in [2.75, 3.05) is 19.6 Å². The van der Waals surface area contributed by atoms with E-state index in [1.807, 2.05) is 0 Å². The minimum absolute atomic E-state index is 0.166. The number of halogens is 3. The second kappa shape index (κ2) is 6.09. The SMILES string of the molecule is CC1(C(=O)N(Cc2ccco2)CC(F)(F)F)CCCNC1. The zero-order chi connectivity index (χ0) is 15.5. The lowest BCUT2D eigenvalue weighted by Gasteiger charge is -2.37. The van der Waals surface area contributed by atoms with Crippen LogP contribution in [0.3, 0.4) is 0 Å². The number of nitrogens with one attached hydrogen (secondary N) is 1. The van der Waals surface area contributed by atoms with E-state index in [0.717, 1.165) is 17.9 Å². The van der Waals surface area contributed by atoms with Crippen LogP contribution in [-0.2, 0) is 11.3 Å². The highest BCUT2D eigenvalue weighted by atomic mass is 19.4. The minimum atomic E-state index is -4.43. The van der Waals surface area contributed by atoms with Gasteiger partial charge in [-0.1, -0.05) is 0 Å². The van der Waals surface area contributed by atoms with E-state index in [9.17, 15) is 18.0 Å². The van der Waals surface area contributed by atoms with E-state index < -0.39 is 24.0 Å². The molecular weight excluding hydrogens is 285 g/mol. The van der Waals surface area contributed by atoms with Gasteiger partial charge in [0.2, 0.25) is 5.91 Å². The van der Waals surface area contributed by atoms with E-state index in [4.69, 9.17) is 4.42 Å². The van der Waals surface area contributed by atoms with Crippen molar-refractivity contribution in [1.29, 1.82) is 0 Å². The van der Waals surface area contributed by atoms with Crippen LogP contribution in [0.2, 0.25) is 0 Å². The Bertz CT molecular complexity index is 465. The van der Waals surface area contributed by atoms with Gasteiger partial charge < -0.3 is 14.6 Å². The fourth-order valence-corrected chi connectivity index (χ4v) is 2.63. The van der Waals surface area contributed by atoms with Crippen molar-refractivity contribution in [1.82, 2.24) is 10.2 Å². The largest absolute Gasteiger partial charge is 0.467 e. The molecule has 4 nitrogen and oxygen atoms in total. The second-order valence-electron chi connectivity index (χ2n) is 5.70. The Hall–Kier alpha value is -1.50. The van der Waals surface area contributed by atoms with Gasteiger partial charge in [-0.3, -0.25) is 4.79 Å². The Morgan fingerprint density at radius 3 is 2.81 bits per heavy atom. The first-order valence-electron chi connectivity index (χ1n) is 6.89. The van der Waals surface area contributed by atoms with Crippen LogP contribution in [0.25, 0.3) is 0 Å². The molecule has 1 aromatic rings. The fraction of sp³-hybridized carbons (Fsp3) is 0.643. The maximum atomic E-state index is 12.7. The first-order chi connectivity index (χ1) is 9.80. The maximum absolute atomic E-state index is 12.7. The van der Waals surface area contributed by atoms with E-state index in [0.29, 0.717) is 18.7 Å². The summed E-state index contributed by atoms with van der Waals surface area (Å²) in [4.78, 5) is 13.4. The van der Waals surface area contributed by atoms with Gasteiger partial charge in [-0.25, -0.2) is 0 Å². The zero-order valence-corrected chi connectivity index (χ0v) is 11.9. The van der Waals surface area contributed by atoms with Gasteiger partial charge in [-0.15, -0.1) is 0 Å². The number of hydrogen-bond donors (Lipinski definition) is 1. The molecule has 1 aromatic heterocycles. The third-order valence-corrected chi connectivity index (χ3v) is 3.70. The molecule has 1 saturated heterocycles. The summed E-state index contributed by atoms with van der Waals surface area (Å²) < 4.78 is 43.3. The summed E-state index contributed by atoms with van der Waals surface area (Å²) in [5.41, 5.74) is -0.796. The number of alkyl halides is 3. The zero-order valence-electron chi connectivity index (χ0n) is 11.9. The van der Waals surface area contributed by atoms with Crippen molar-refractivity contribution in [2.45, 2.75) is 32.5 Å². The number of hydrogen-bond acceptors (Lipinski definition) is 3. The lowest BCUT2D eigenvalue weighted by molar-refractivity contribution is -0.169. The molecule has 1 aliphatic rings. The Balaban J connectivity index is 2.15. The normalized spacial score (nSPS) is 23.0. The van der Waals surface area contributed by atoms with Crippen LogP contribution in [0.1, 0.15) is 25.5 Å². The Kier molecular flexibility index (Phi) is 4.61. The predicted octanol–water partition coefficient (Wildman–Crippen LogP) is 2.56.